The number of hydrogen-bond donors (Lipinski definition) is 0. The van der Waals surface area contributed by atoms with Crippen molar-refractivity contribution in [1.29, 1.82) is 0 Å². The lowest BCUT2D eigenvalue weighted by atomic mass is 10.1. The van der Waals surface area contributed by atoms with Crippen molar-refractivity contribution >= 4 is 17.3 Å². The van der Waals surface area contributed by atoms with Crippen molar-refractivity contribution < 1.29 is 19.2 Å². The van der Waals surface area contributed by atoms with Crippen LogP contribution in [0.15, 0.2) is 36.4 Å². The molecule has 0 radical (unpaired) electrons. The molecule has 25 heavy (non-hydrogen) atoms. The van der Waals surface area contributed by atoms with Crippen molar-refractivity contribution in [2.75, 3.05) is 25.2 Å². The Kier molecular flexibility index (Phi) is 4.56. The Bertz CT molecular complexity index is 834. The van der Waals surface area contributed by atoms with E-state index in [4.69, 9.17) is 9.47 Å². The molecule has 0 fully saturated rings. The van der Waals surface area contributed by atoms with Crippen LogP contribution in [0.4, 0.5) is 11.4 Å². The minimum absolute atomic E-state index is 0.0248. The molecular formula is C18H18N2O5. The number of nitrogens with zero attached hydrogens (tertiary/aromatic N) is 2. The van der Waals surface area contributed by atoms with Gasteiger partial charge in [-0.2, -0.15) is 0 Å². The van der Waals surface area contributed by atoms with Gasteiger partial charge in [-0.3, -0.25) is 14.9 Å². The van der Waals surface area contributed by atoms with Gasteiger partial charge in [0.25, 0.3) is 11.6 Å². The normalized spacial score (nSPS) is 12.6. The molecule has 0 bridgehead atoms. The Balaban J connectivity index is 1.94. The van der Waals surface area contributed by atoms with Crippen molar-refractivity contribution in [3.8, 4) is 11.5 Å². The van der Waals surface area contributed by atoms with Gasteiger partial charge in [-0.25, -0.2) is 0 Å². The number of nitro groups is 1. The number of carbonyl (C=O) groups is 1. The molecule has 0 aromatic heterocycles. The van der Waals surface area contributed by atoms with Crippen LogP contribution in [0.5, 0.6) is 11.5 Å². The number of non-ortho nitro benzene ring substituents is 1. The summed E-state index contributed by atoms with van der Waals surface area (Å²) in [6, 6.07) is 9.61. The molecule has 2 aromatic rings. The number of hydrogen-bond acceptors (Lipinski definition) is 5. The van der Waals surface area contributed by atoms with Crippen LogP contribution in [0.2, 0.25) is 0 Å². The molecule has 1 amide bonds. The number of methoxy groups -OCH3 is 1. The van der Waals surface area contributed by atoms with E-state index in [1.165, 1.54) is 19.2 Å². The van der Waals surface area contributed by atoms with Crippen LogP contribution < -0.4 is 14.4 Å². The molecule has 130 valence electrons. The van der Waals surface area contributed by atoms with Crippen molar-refractivity contribution in [3.05, 3.63) is 57.6 Å². The smallest absolute Gasteiger partial charge is 0.271 e. The van der Waals surface area contributed by atoms with Crippen LogP contribution in [0.1, 0.15) is 22.8 Å². The largest absolute Gasteiger partial charge is 0.493 e. The zero-order chi connectivity index (χ0) is 18.0. The minimum atomic E-state index is -0.457. The minimum Gasteiger partial charge on any atom is -0.493 e. The number of carbonyl (C=O) groups excluding carboxylic acids is 1. The summed E-state index contributed by atoms with van der Waals surface area (Å²) in [7, 11) is 1.54. The fourth-order valence-corrected chi connectivity index (χ4v) is 2.93. The standard InChI is InChI=1S/C18H18N2O5/c1-3-25-17-10-13(5-7-16(17)24-2)18(21)19-9-8-12-4-6-14(20(22)23)11-15(12)19/h4-7,10-11H,3,8-9H2,1-2H3. The first-order chi connectivity index (χ1) is 12.0. The molecule has 7 nitrogen and oxygen atoms in total. The van der Waals surface area contributed by atoms with E-state index < -0.39 is 4.92 Å². The van der Waals surface area contributed by atoms with Crippen LogP contribution >= 0.6 is 0 Å². The average molecular weight is 342 g/mol. The summed E-state index contributed by atoms with van der Waals surface area (Å²) in [5.74, 6) is 0.827. The number of ether oxygens (including phenoxy) is 2. The highest BCUT2D eigenvalue weighted by Crippen LogP contribution is 2.34. The maximum atomic E-state index is 12.9. The molecule has 1 aliphatic heterocycles. The van der Waals surface area contributed by atoms with Gasteiger partial charge in [0, 0.05) is 24.2 Å². The Morgan fingerprint density at radius 1 is 1.24 bits per heavy atom. The maximum Gasteiger partial charge on any atom is 0.271 e. The number of nitro benzene ring substituents is 1. The highest BCUT2D eigenvalue weighted by atomic mass is 16.6. The van der Waals surface area contributed by atoms with Gasteiger partial charge in [0.15, 0.2) is 11.5 Å². The van der Waals surface area contributed by atoms with Gasteiger partial charge in [-0.15, -0.1) is 0 Å². The number of amides is 1. The maximum absolute atomic E-state index is 12.9. The predicted octanol–water partition coefficient (Wildman–Crippen LogP) is 3.21. The van der Waals surface area contributed by atoms with E-state index in [0.717, 1.165) is 5.56 Å². The van der Waals surface area contributed by atoms with E-state index in [1.54, 1.807) is 29.2 Å². The Morgan fingerprint density at radius 3 is 2.72 bits per heavy atom. The average Bonchev–Trinajstić information content (AvgIpc) is 3.04. The summed E-state index contributed by atoms with van der Waals surface area (Å²) in [6.07, 6.45) is 0.674. The van der Waals surface area contributed by atoms with Crippen molar-refractivity contribution in [3.63, 3.8) is 0 Å². The van der Waals surface area contributed by atoms with Crippen LogP contribution in [0.3, 0.4) is 0 Å². The van der Waals surface area contributed by atoms with E-state index >= 15 is 0 Å². The van der Waals surface area contributed by atoms with Crippen LogP contribution in [0.25, 0.3) is 0 Å². The first kappa shape index (κ1) is 16.8. The number of anilines is 1. The molecule has 0 saturated carbocycles. The topological polar surface area (TPSA) is 81.9 Å². The van der Waals surface area contributed by atoms with Crippen molar-refractivity contribution in [2.24, 2.45) is 0 Å². The Labute approximate surface area is 144 Å². The lowest BCUT2D eigenvalue weighted by Gasteiger charge is -2.18. The van der Waals surface area contributed by atoms with E-state index in [1.807, 2.05) is 6.92 Å². The lowest BCUT2D eigenvalue weighted by Crippen LogP contribution is -2.28. The van der Waals surface area contributed by atoms with Gasteiger partial charge in [0.1, 0.15) is 0 Å². The molecule has 0 unspecified atom stereocenters. The number of rotatable bonds is 5. The molecule has 1 aliphatic rings. The van der Waals surface area contributed by atoms with Gasteiger partial charge < -0.3 is 14.4 Å². The third kappa shape index (κ3) is 3.13. The number of benzene rings is 2. The molecule has 7 heteroatoms. The van der Waals surface area contributed by atoms with Crippen LogP contribution in [-0.2, 0) is 6.42 Å². The molecule has 0 spiro atoms. The van der Waals surface area contributed by atoms with E-state index in [-0.39, 0.29) is 11.6 Å². The molecule has 2 aromatic carbocycles. The summed E-state index contributed by atoms with van der Waals surface area (Å²) in [6.45, 7) is 2.79. The van der Waals surface area contributed by atoms with Crippen LogP contribution in [-0.4, -0.2) is 31.1 Å². The first-order valence-electron chi connectivity index (χ1n) is 7.95. The summed E-state index contributed by atoms with van der Waals surface area (Å²) >= 11 is 0. The second-order valence-corrected chi connectivity index (χ2v) is 5.58. The molecule has 0 aliphatic carbocycles. The highest BCUT2D eigenvalue weighted by molar-refractivity contribution is 6.07. The highest BCUT2D eigenvalue weighted by Gasteiger charge is 2.28. The predicted molar refractivity (Wildman–Crippen MR) is 92.6 cm³/mol. The van der Waals surface area contributed by atoms with Gasteiger partial charge in [-0.1, -0.05) is 6.07 Å². The van der Waals surface area contributed by atoms with Crippen LogP contribution in [0, 0.1) is 10.1 Å². The first-order valence-corrected chi connectivity index (χ1v) is 7.95. The fourth-order valence-electron chi connectivity index (χ4n) is 2.93. The Hall–Kier alpha value is -3.09. The van der Waals surface area contributed by atoms with E-state index in [9.17, 15) is 14.9 Å². The zero-order valence-electron chi connectivity index (χ0n) is 14.0. The second kappa shape index (κ2) is 6.80. The molecule has 1 heterocycles. The molecule has 0 atom stereocenters. The monoisotopic (exact) mass is 342 g/mol. The van der Waals surface area contributed by atoms with E-state index in [0.29, 0.717) is 42.3 Å². The van der Waals surface area contributed by atoms with Gasteiger partial charge in [0.05, 0.1) is 24.3 Å². The summed E-state index contributed by atoms with van der Waals surface area (Å²) in [5.41, 5.74) is 1.94. The number of fused-ring (bicyclic) bond motifs is 1. The second-order valence-electron chi connectivity index (χ2n) is 5.58. The Morgan fingerprint density at radius 2 is 2.04 bits per heavy atom. The quantitative estimate of drug-likeness (QED) is 0.615. The molecule has 0 N–H and O–H groups in total. The lowest BCUT2D eigenvalue weighted by molar-refractivity contribution is -0.384. The summed E-state index contributed by atoms with van der Waals surface area (Å²) in [4.78, 5) is 25.0. The molecule has 3 rings (SSSR count). The summed E-state index contributed by atoms with van der Waals surface area (Å²) < 4.78 is 10.7. The SMILES string of the molecule is CCOc1cc(C(=O)N2CCc3ccc([N+](=O)[O-])cc32)ccc1OC. The van der Waals surface area contributed by atoms with Gasteiger partial charge >= 0.3 is 0 Å². The van der Waals surface area contributed by atoms with Crippen molar-refractivity contribution in [1.82, 2.24) is 0 Å². The van der Waals surface area contributed by atoms with Crippen molar-refractivity contribution in [2.45, 2.75) is 13.3 Å². The third-order valence-electron chi connectivity index (χ3n) is 4.13. The molecular weight excluding hydrogens is 324 g/mol. The van der Waals surface area contributed by atoms with Gasteiger partial charge in [0.2, 0.25) is 0 Å². The third-order valence-corrected chi connectivity index (χ3v) is 4.13. The molecule has 0 saturated heterocycles. The zero-order valence-corrected chi connectivity index (χ0v) is 14.0. The van der Waals surface area contributed by atoms with E-state index in [2.05, 4.69) is 0 Å². The summed E-state index contributed by atoms with van der Waals surface area (Å²) in [5, 5.41) is 11.0. The van der Waals surface area contributed by atoms with Gasteiger partial charge in [-0.05, 0) is 37.1 Å². The fraction of sp³-hybridized carbons (Fsp3) is 0.278.